The van der Waals surface area contributed by atoms with E-state index in [0.717, 1.165) is 0 Å². The highest BCUT2D eigenvalue weighted by Gasteiger charge is 2.30. The second-order valence-electron chi connectivity index (χ2n) is 2.32. The monoisotopic (exact) mass is 202 g/mol. The summed E-state index contributed by atoms with van der Waals surface area (Å²) in [7, 11) is 0. The Kier molecular flexibility index (Phi) is 2.80. The van der Waals surface area contributed by atoms with E-state index >= 15 is 0 Å². The van der Waals surface area contributed by atoms with Gasteiger partial charge in [-0.1, -0.05) is 0 Å². The number of hydrogen-bond acceptors (Lipinski definition) is 4. The van der Waals surface area contributed by atoms with Gasteiger partial charge in [0.25, 0.3) is 5.91 Å². The van der Waals surface area contributed by atoms with Gasteiger partial charge in [-0.25, -0.2) is 9.59 Å². The first-order valence-corrected chi connectivity index (χ1v) is 3.75. The van der Waals surface area contributed by atoms with Gasteiger partial charge in [0.05, 0.1) is 6.61 Å². The Bertz CT molecular complexity index is 337. The van der Waals surface area contributed by atoms with Crippen LogP contribution in [-0.2, 0) is 14.3 Å². The molecule has 0 unspecified atom stereocenters. The van der Waals surface area contributed by atoms with Crippen molar-refractivity contribution in [1.82, 2.24) is 10.6 Å². The van der Waals surface area contributed by atoms with Gasteiger partial charge in [0.1, 0.15) is 0 Å². The highest BCUT2D eigenvalue weighted by atomic mass is 19.1. The predicted molar refractivity (Wildman–Crippen MR) is 41.4 cm³/mol. The van der Waals surface area contributed by atoms with Crippen LogP contribution in [0.4, 0.5) is 9.18 Å². The van der Waals surface area contributed by atoms with Gasteiger partial charge in [-0.05, 0) is 6.92 Å². The molecule has 0 saturated carbocycles. The van der Waals surface area contributed by atoms with Gasteiger partial charge in [0.15, 0.2) is 5.70 Å². The Morgan fingerprint density at radius 2 is 2.07 bits per heavy atom. The van der Waals surface area contributed by atoms with Crippen LogP contribution in [0.2, 0.25) is 0 Å². The third-order valence-corrected chi connectivity index (χ3v) is 1.37. The molecular formula is C7H7FN2O4. The van der Waals surface area contributed by atoms with Gasteiger partial charge in [-0.15, -0.1) is 0 Å². The van der Waals surface area contributed by atoms with Crippen LogP contribution in [0.5, 0.6) is 0 Å². The third kappa shape index (κ3) is 1.87. The molecule has 1 rings (SSSR count). The summed E-state index contributed by atoms with van der Waals surface area (Å²) in [6, 6.07) is -0.871. The van der Waals surface area contributed by atoms with Gasteiger partial charge in [0, 0.05) is 0 Å². The van der Waals surface area contributed by atoms with Crippen molar-refractivity contribution in [2.45, 2.75) is 6.92 Å². The Balaban J connectivity index is 2.88. The lowest BCUT2D eigenvalue weighted by molar-refractivity contribution is -0.140. The fourth-order valence-corrected chi connectivity index (χ4v) is 0.818. The molecule has 2 N–H and O–H groups in total. The van der Waals surface area contributed by atoms with E-state index in [0.29, 0.717) is 0 Å². The molecule has 0 aromatic carbocycles. The summed E-state index contributed by atoms with van der Waals surface area (Å²) < 4.78 is 17.3. The van der Waals surface area contributed by atoms with Crippen LogP contribution in [0, 0.1) is 0 Å². The normalized spacial score (nSPS) is 18.7. The van der Waals surface area contributed by atoms with E-state index in [1.54, 1.807) is 5.32 Å². The number of urea groups is 1. The molecule has 0 aliphatic carbocycles. The van der Waals surface area contributed by atoms with Crippen molar-refractivity contribution in [1.29, 1.82) is 0 Å². The van der Waals surface area contributed by atoms with Crippen molar-refractivity contribution in [3.8, 4) is 0 Å². The van der Waals surface area contributed by atoms with E-state index in [4.69, 9.17) is 0 Å². The SMILES string of the molecule is CCOC(=O)/C(F)=C1\NC(=O)NC1=O. The van der Waals surface area contributed by atoms with Crippen LogP contribution in [0.25, 0.3) is 0 Å². The highest BCUT2D eigenvalue weighted by molar-refractivity contribution is 6.14. The van der Waals surface area contributed by atoms with Crippen molar-refractivity contribution in [2.24, 2.45) is 0 Å². The molecule has 7 heteroatoms. The average molecular weight is 202 g/mol. The van der Waals surface area contributed by atoms with Crippen LogP contribution in [0.15, 0.2) is 11.5 Å². The molecule has 6 nitrogen and oxygen atoms in total. The minimum Gasteiger partial charge on any atom is -0.461 e. The summed E-state index contributed by atoms with van der Waals surface area (Å²) in [6.07, 6.45) is 0. The van der Waals surface area contributed by atoms with Crippen LogP contribution in [0.3, 0.4) is 0 Å². The van der Waals surface area contributed by atoms with Crippen LogP contribution < -0.4 is 10.6 Å². The van der Waals surface area contributed by atoms with Crippen molar-refractivity contribution >= 4 is 17.9 Å². The number of ether oxygens (including phenoxy) is 1. The second-order valence-corrected chi connectivity index (χ2v) is 2.32. The summed E-state index contributed by atoms with van der Waals surface area (Å²) in [5, 5.41) is 3.60. The molecule has 1 aliphatic rings. The number of rotatable bonds is 2. The lowest BCUT2D eigenvalue weighted by atomic mass is 10.3. The second kappa shape index (κ2) is 3.86. The molecule has 1 heterocycles. The van der Waals surface area contributed by atoms with E-state index in [1.807, 2.05) is 5.32 Å². The summed E-state index contributed by atoms with van der Waals surface area (Å²) in [5.41, 5.74) is -0.714. The lowest BCUT2D eigenvalue weighted by Crippen LogP contribution is -2.22. The topological polar surface area (TPSA) is 84.5 Å². The third-order valence-electron chi connectivity index (χ3n) is 1.37. The van der Waals surface area contributed by atoms with Crippen molar-refractivity contribution in [2.75, 3.05) is 6.61 Å². The molecule has 0 bridgehead atoms. The van der Waals surface area contributed by atoms with Crippen LogP contribution in [0.1, 0.15) is 6.92 Å². The molecule has 0 spiro atoms. The molecule has 0 aromatic heterocycles. The number of amides is 3. The van der Waals surface area contributed by atoms with Crippen molar-refractivity contribution < 1.29 is 23.5 Å². The first-order chi connectivity index (χ1) is 6.56. The molecular weight excluding hydrogens is 195 g/mol. The summed E-state index contributed by atoms with van der Waals surface area (Å²) in [6.45, 7) is 1.47. The zero-order valence-electron chi connectivity index (χ0n) is 7.22. The van der Waals surface area contributed by atoms with Crippen LogP contribution in [-0.4, -0.2) is 24.5 Å². The fraction of sp³-hybridized carbons (Fsp3) is 0.286. The quantitative estimate of drug-likeness (QED) is 0.361. The maximum atomic E-state index is 13.0. The van der Waals surface area contributed by atoms with E-state index in [2.05, 4.69) is 4.74 Å². The zero-order chi connectivity index (χ0) is 10.7. The number of hydrogen-bond donors (Lipinski definition) is 2. The van der Waals surface area contributed by atoms with Gasteiger partial charge < -0.3 is 10.1 Å². The van der Waals surface area contributed by atoms with Gasteiger partial charge in [-0.3, -0.25) is 10.1 Å². The molecule has 0 aromatic rings. The van der Waals surface area contributed by atoms with Crippen LogP contribution >= 0.6 is 0 Å². The first-order valence-electron chi connectivity index (χ1n) is 3.75. The Labute approximate surface area is 78.1 Å². The maximum absolute atomic E-state index is 13.0. The Morgan fingerprint density at radius 1 is 1.43 bits per heavy atom. The van der Waals surface area contributed by atoms with Crippen molar-refractivity contribution in [3.63, 3.8) is 0 Å². The Morgan fingerprint density at radius 3 is 2.50 bits per heavy atom. The standard InChI is InChI=1S/C7H7FN2O4/c1-2-14-6(12)3(8)4-5(11)10-7(13)9-4/h2H2,1H3,(H2,9,10,11,13)/b4-3+. The maximum Gasteiger partial charge on any atom is 0.369 e. The minimum absolute atomic E-state index is 0.0188. The molecule has 1 aliphatic heterocycles. The van der Waals surface area contributed by atoms with Crippen molar-refractivity contribution in [3.05, 3.63) is 11.5 Å². The molecule has 76 valence electrons. The van der Waals surface area contributed by atoms with E-state index in [1.165, 1.54) is 6.92 Å². The fourth-order valence-electron chi connectivity index (χ4n) is 0.818. The minimum atomic E-state index is -1.41. The lowest BCUT2D eigenvalue weighted by Gasteiger charge is -1.99. The molecule has 3 amide bonds. The summed E-state index contributed by atoms with van der Waals surface area (Å²) >= 11 is 0. The number of halogens is 1. The summed E-state index contributed by atoms with van der Waals surface area (Å²) in [4.78, 5) is 32.2. The smallest absolute Gasteiger partial charge is 0.369 e. The van der Waals surface area contributed by atoms with Gasteiger partial charge in [-0.2, -0.15) is 4.39 Å². The number of carbonyl (C=O) groups is 3. The molecule has 0 radical (unpaired) electrons. The molecule has 1 saturated heterocycles. The molecule has 14 heavy (non-hydrogen) atoms. The predicted octanol–water partition coefficient (Wildman–Crippen LogP) is -0.430. The Hall–Kier alpha value is -1.92. The highest BCUT2D eigenvalue weighted by Crippen LogP contribution is 2.09. The van der Waals surface area contributed by atoms with Gasteiger partial charge >= 0.3 is 12.0 Å². The van der Waals surface area contributed by atoms with Gasteiger partial charge in [0.2, 0.25) is 5.83 Å². The molecule has 1 fully saturated rings. The first kappa shape index (κ1) is 10.2. The number of esters is 1. The largest absolute Gasteiger partial charge is 0.461 e. The van der Waals surface area contributed by atoms with E-state index in [-0.39, 0.29) is 6.61 Å². The summed E-state index contributed by atoms with van der Waals surface area (Å²) in [5.74, 6) is -3.67. The number of imide groups is 1. The number of carbonyl (C=O) groups excluding carboxylic acids is 3. The van der Waals surface area contributed by atoms with E-state index in [9.17, 15) is 18.8 Å². The number of nitrogens with one attached hydrogen (secondary N) is 2. The molecule has 0 atom stereocenters. The zero-order valence-corrected chi connectivity index (χ0v) is 7.22. The van der Waals surface area contributed by atoms with E-state index < -0.39 is 29.4 Å². The average Bonchev–Trinajstić information content (AvgIpc) is 2.44.